The smallest absolute Gasteiger partial charge is 0.341 e. The number of carbonyl (C=O) groups is 2. The molecule has 148 valence electrons. The van der Waals surface area contributed by atoms with Crippen molar-refractivity contribution in [3.63, 3.8) is 0 Å². The van der Waals surface area contributed by atoms with Crippen LogP contribution in [0.3, 0.4) is 0 Å². The molecule has 1 aliphatic rings. The number of anilines is 1. The number of nitro groups is 1. The third kappa shape index (κ3) is 4.33. The summed E-state index contributed by atoms with van der Waals surface area (Å²) in [4.78, 5) is 36.3. The minimum atomic E-state index is -0.692. The Hall–Kier alpha value is -3.51. The first kappa shape index (κ1) is 20.2. The number of nitriles is 1. The molecule has 2 aromatic rings. The number of hydrogen-bond acceptors (Lipinski definition) is 7. The molecule has 0 radical (unpaired) electrons. The number of hydrogen-bond donors (Lipinski definition) is 1. The van der Waals surface area contributed by atoms with Gasteiger partial charge in [0.25, 0.3) is 11.6 Å². The van der Waals surface area contributed by atoms with Crippen molar-refractivity contribution >= 4 is 40.0 Å². The summed E-state index contributed by atoms with van der Waals surface area (Å²) in [6.07, 6.45) is 4.80. The number of nitro benzene ring substituents is 1. The van der Waals surface area contributed by atoms with Crippen LogP contribution in [0.2, 0.25) is 0 Å². The van der Waals surface area contributed by atoms with Gasteiger partial charge in [-0.1, -0.05) is 12.1 Å². The van der Waals surface area contributed by atoms with Crippen molar-refractivity contribution in [1.29, 1.82) is 5.26 Å². The largest absolute Gasteiger partial charge is 0.465 e. The molecular weight excluding hydrogens is 394 g/mol. The van der Waals surface area contributed by atoms with E-state index in [2.05, 4.69) is 5.32 Å². The topological polar surface area (TPSA) is 122 Å². The third-order valence-electron chi connectivity index (χ3n) is 4.54. The number of methoxy groups -OCH3 is 1. The van der Waals surface area contributed by atoms with E-state index in [1.807, 2.05) is 6.07 Å². The van der Waals surface area contributed by atoms with Gasteiger partial charge < -0.3 is 10.1 Å². The predicted octanol–water partition coefficient (Wildman–Crippen LogP) is 3.87. The molecule has 29 heavy (non-hydrogen) atoms. The number of aryl methyl sites for hydroxylation is 1. The van der Waals surface area contributed by atoms with Crippen LogP contribution in [0.1, 0.15) is 39.2 Å². The quantitative estimate of drug-likeness (QED) is 0.262. The summed E-state index contributed by atoms with van der Waals surface area (Å²) in [5, 5.41) is 23.3. The molecule has 0 spiro atoms. The van der Waals surface area contributed by atoms with Gasteiger partial charge >= 0.3 is 5.97 Å². The lowest BCUT2D eigenvalue weighted by Crippen LogP contribution is -2.16. The molecule has 0 atom stereocenters. The molecular formula is C20H17N3O5S. The molecule has 0 unspecified atom stereocenters. The van der Waals surface area contributed by atoms with Crippen LogP contribution < -0.4 is 5.32 Å². The van der Waals surface area contributed by atoms with Gasteiger partial charge in [-0.15, -0.1) is 11.3 Å². The summed E-state index contributed by atoms with van der Waals surface area (Å²) < 4.78 is 4.87. The van der Waals surface area contributed by atoms with Crippen LogP contribution in [-0.2, 0) is 22.4 Å². The SMILES string of the molecule is COC(=O)c1c(NC(=O)/C(C#N)=C\c2cccc([N+](=O)[O-])c2)sc2c1CCCC2. The van der Waals surface area contributed by atoms with Crippen LogP contribution >= 0.6 is 11.3 Å². The monoisotopic (exact) mass is 411 g/mol. The van der Waals surface area contributed by atoms with Gasteiger partial charge in [0.15, 0.2) is 0 Å². The number of esters is 1. The Morgan fingerprint density at radius 1 is 1.34 bits per heavy atom. The zero-order chi connectivity index (χ0) is 21.0. The van der Waals surface area contributed by atoms with Crippen molar-refractivity contribution in [2.45, 2.75) is 25.7 Å². The predicted molar refractivity (Wildman–Crippen MR) is 108 cm³/mol. The Bertz CT molecular complexity index is 1060. The second kappa shape index (κ2) is 8.67. The molecule has 0 bridgehead atoms. The summed E-state index contributed by atoms with van der Waals surface area (Å²) in [7, 11) is 1.28. The van der Waals surface area contributed by atoms with Crippen molar-refractivity contribution in [2.24, 2.45) is 0 Å². The van der Waals surface area contributed by atoms with E-state index in [1.165, 1.54) is 42.7 Å². The summed E-state index contributed by atoms with van der Waals surface area (Å²) >= 11 is 1.32. The molecule has 0 aliphatic heterocycles. The average Bonchev–Trinajstić information content (AvgIpc) is 3.09. The first-order chi connectivity index (χ1) is 13.9. The lowest BCUT2D eigenvalue weighted by molar-refractivity contribution is -0.384. The summed E-state index contributed by atoms with van der Waals surface area (Å²) in [5.74, 6) is -1.22. The van der Waals surface area contributed by atoms with Crippen molar-refractivity contribution in [3.05, 3.63) is 61.5 Å². The van der Waals surface area contributed by atoms with Crippen LogP contribution in [0.4, 0.5) is 10.7 Å². The Morgan fingerprint density at radius 2 is 2.10 bits per heavy atom. The number of amides is 1. The van der Waals surface area contributed by atoms with Gasteiger partial charge in [-0.2, -0.15) is 5.26 Å². The van der Waals surface area contributed by atoms with Gasteiger partial charge in [0.1, 0.15) is 16.6 Å². The molecule has 8 nitrogen and oxygen atoms in total. The van der Waals surface area contributed by atoms with E-state index in [0.29, 0.717) is 16.1 Å². The maximum absolute atomic E-state index is 12.7. The van der Waals surface area contributed by atoms with E-state index in [9.17, 15) is 25.0 Å². The van der Waals surface area contributed by atoms with Gasteiger partial charge in [0.05, 0.1) is 17.6 Å². The molecule has 0 saturated heterocycles. The fourth-order valence-electron chi connectivity index (χ4n) is 3.19. The fourth-order valence-corrected chi connectivity index (χ4v) is 4.46. The van der Waals surface area contributed by atoms with Crippen LogP contribution in [0, 0.1) is 21.4 Å². The first-order valence-electron chi connectivity index (χ1n) is 8.85. The van der Waals surface area contributed by atoms with Gasteiger partial charge in [0.2, 0.25) is 0 Å². The minimum absolute atomic E-state index is 0.143. The van der Waals surface area contributed by atoms with Crippen LogP contribution in [0.15, 0.2) is 29.8 Å². The van der Waals surface area contributed by atoms with E-state index in [4.69, 9.17) is 4.74 Å². The van der Waals surface area contributed by atoms with Crippen molar-refractivity contribution < 1.29 is 19.2 Å². The number of non-ortho nitro benzene ring substituents is 1. The second-order valence-corrected chi connectivity index (χ2v) is 7.49. The molecule has 1 aliphatic carbocycles. The van der Waals surface area contributed by atoms with E-state index in [1.54, 1.807) is 6.07 Å². The number of carbonyl (C=O) groups excluding carboxylic acids is 2. The van der Waals surface area contributed by atoms with Crippen molar-refractivity contribution in [2.75, 3.05) is 12.4 Å². The highest BCUT2D eigenvalue weighted by molar-refractivity contribution is 7.17. The standard InChI is InChI=1S/C20H17N3O5S/c1-28-20(25)17-15-7-2-3-8-16(15)29-19(17)22-18(24)13(11-21)9-12-5-4-6-14(10-12)23(26)27/h4-6,9-10H,2-3,7-8H2,1H3,(H,22,24)/b13-9-. The minimum Gasteiger partial charge on any atom is -0.465 e. The molecule has 1 heterocycles. The molecule has 0 saturated carbocycles. The number of ether oxygens (including phenoxy) is 1. The van der Waals surface area contributed by atoms with Gasteiger partial charge in [0, 0.05) is 17.0 Å². The lowest BCUT2D eigenvalue weighted by Gasteiger charge is -2.11. The van der Waals surface area contributed by atoms with E-state index in [-0.39, 0.29) is 11.3 Å². The van der Waals surface area contributed by atoms with Crippen molar-refractivity contribution in [1.82, 2.24) is 0 Å². The maximum atomic E-state index is 12.7. The van der Waals surface area contributed by atoms with Crippen molar-refractivity contribution in [3.8, 4) is 6.07 Å². The summed E-state index contributed by atoms with van der Waals surface area (Å²) in [6, 6.07) is 7.43. The third-order valence-corrected chi connectivity index (χ3v) is 5.75. The number of nitrogens with zero attached hydrogens (tertiary/aromatic N) is 2. The Morgan fingerprint density at radius 3 is 2.79 bits per heavy atom. The van der Waals surface area contributed by atoms with Gasteiger partial charge in [-0.3, -0.25) is 14.9 Å². The number of nitrogens with one attached hydrogen (secondary N) is 1. The molecule has 0 fully saturated rings. The molecule has 1 aromatic heterocycles. The van der Waals surface area contributed by atoms with Crippen LogP contribution in [0.5, 0.6) is 0 Å². The molecule has 3 rings (SSSR count). The van der Waals surface area contributed by atoms with Gasteiger partial charge in [-0.05, 0) is 42.9 Å². The van der Waals surface area contributed by atoms with Crippen LogP contribution in [-0.4, -0.2) is 23.9 Å². The average molecular weight is 411 g/mol. The van der Waals surface area contributed by atoms with Gasteiger partial charge in [-0.25, -0.2) is 4.79 Å². The highest BCUT2D eigenvalue weighted by Crippen LogP contribution is 2.38. The number of benzene rings is 1. The summed E-state index contributed by atoms with van der Waals surface area (Å²) in [5.41, 5.74) is 1.21. The Labute approximate surface area is 170 Å². The molecule has 1 amide bonds. The molecule has 1 aromatic carbocycles. The van der Waals surface area contributed by atoms with Crippen LogP contribution in [0.25, 0.3) is 6.08 Å². The van der Waals surface area contributed by atoms with E-state index < -0.39 is 16.8 Å². The highest BCUT2D eigenvalue weighted by Gasteiger charge is 2.27. The van der Waals surface area contributed by atoms with E-state index in [0.717, 1.165) is 36.1 Å². The number of thiophene rings is 1. The Kier molecular flexibility index (Phi) is 6.04. The summed E-state index contributed by atoms with van der Waals surface area (Å²) in [6.45, 7) is 0. The van der Waals surface area contributed by atoms with E-state index >= 15 is 0 Å². The normalized spacial score (nSPS) is 13.2. The lowest BCUT2D eigenvalue weighted by atomic mass is 9.95. The Balaban J connectivity index is 1.92. The first-order valence-corrected chi connectivity index (χ1v) is 9.66. The fraction of sp³-hybridized carbons (Fsp3) is 0.250. The highest BCUT2D eigenvalue weighted by atomic mass is 32.1. The number of rotatable bonds is 5. The zero-order valence-electron chi connectivity index (χ0n) is 15.6. The second-order valence-electron chi connectivity index (χ2n) is 6.38. The maximum Gasteiger partial charge on any atom is 0.341 e. The zero-order valence-corrected chi connectivity index (χ0v) is 16.4. The molecule has 1 N–H and O–H groups in total. The number of fused-ring (bicyclic) bond motifs is 1. The molecule has 9 heteroatoms.